The van der Waals surface area contributed by atoms with Crippen molar-refractivity contribution in [2.75, 3.05) is 6.54 Å². The lowest BCUT2D eigenvalue weighted by Crippen LogP contribution is -2.55. The van der Waals surface area contributed by atoms with Crippen molar-refractivity contribution < 1.29 is 29.4 Å². The summed E-state index contributed by atoms with van der Waals surface area (Å²) in [5.74, 6) is -3.87. The normalized spacial score (nSPS) is 12.4. The molecule has 0 saturated carbocycles. The summed E-state index contributed by atoms with van der Waals surface area (Å²) in [5, 5.41) is 28.6. The van der Waals surface area contributed by atoms with Gasteiger partial charge in [0.15, 0.2) is 5.96 Å². The maximum atomic E-state index is 11.6. The predicted molar refractivity (Wildman–Crippen MR) is 80.6 cm³/mol. The van der Waals surface area contributed by atoms with Gasteiger partial charge >= 0.3 is 18.0 Å². The minimum Gasteiger partial charge on any atom is -0.481 e. The number of hydrazine groups is 1. The van der Waals surface area contributed by atoms with Crippen LogP contribution in [0, 0.1) is 5.41 Å². The second-order valence-electron chi connectivity index (χ2n) is 4.67. The number of carboxylic acids is 2. The van der Waals surface area contributed by atoms with Gasteiger partial charge in [-0.1, -0.05) is 0 Å². The molecule has 0 bridgehead atoms. The van der Waals surface area contributed by atoms with E-state index in [0.717, 1.165) is 0 Å². The molecule has 0 radical (unpaired) electrons. The molecule has 0 aromatic rings. The Morgan fingerprint density at radius 3 is 2.25 bits per heavy atom. The van der Waals surface area contributed by atoms with Crippen molar-refractivity contribution in [3.05, 3.63) is 0 Å². The molecular formula is C11H21N7O6. The summed E-state index contributed by atoms with van der Waals surface area (Å²) in [6.45, 7) is 0.347. The van der Waals surface area contributed by atoms with Crippen molar-refractivity contribution in [1.29, 1.82) is 5.41 Å². The van der Waals surface area contributed by atoms with E-state index < -0.39 is 42.4 Å². The van der Waals surface area contributed by atoms with Crippen LogP contribution < -0.4 is 33.0 Å². The summed E-state index contributed by atoms with van der Waals surface area (Å²) in [7, 11) is 0. The average Bonchev–Trinajstić information content (AvgIpc) is 2.47. The number of guanidine groups is 1. The Labute approximate surface area is 136 Å². The van der Waals surface area contributed by atoms with E-state index in [4.69, 9.17) is 27.1 Å². The Bertz CT molecular complexity index is 497. The molecular weight excluding hydrogens is 326 g/mol. The van der Waals surface area contributed by atoms with Gasteiger partial charge in [0.05, 0.1) is 12.5 Å². The number of rotatable bonds is 9. The molecule has 0 aliphatic heterocycles. The van der Waals surface area contributed by atoms with Crippen LogP contribution in [0.25, 0.3) is 0 Å². The van der Waals surface area contributed by atoms with Gasteiger partial charge in [0.2, 0.25) is 0 Å². The van der Waals surface area contributed by atoms with Gasteiger partial charge in [-0.2, -0.15) is 0 Å². The topological polar surface area (TPSA) is 233 Å². The van der Waals surface area contributed by atoms with E-state index in [-0.39, 0.29) is 12.4 Å². The highest BCUT2D eigenvalue weighted by Crippen LogP contribution is 1.94. The van der Waals surface area contributed by atoms with Crippen LogP contribution in [0.4, 0.5) is 4.79 Å². The molecule has 3 amide bonds. The van der Waals surface area contributed by atoms with E-state index >= 15 is 0 Å². The van der Waals surface area contributed by atoms with E-state index in [0.29, 0.717) is 13.0 Å². The van der Waals surface area contributed by atoms with Gasteiger partial charge in [0, 0.05) is 6.54 Å². The van der Waals surface area contributed by atoms with E-state index in [1.165, 1.54) is 0 Å². The molecule has 136 valence electrons. The van der Waals surface area contributed by atoms with Gasteiger partial charge in [-0.3, -0.25) is 20.4 Å². The molecule has 0 aromatic heterocycles. The lowest BCUT2D eigenvalue weighted by atomic mass is 10.1. The molecule has 24 heavy (non-hydrogen) atoms. The number of carbonyl (C=O) groups is 4. The van der Waals surface area contributed by atoms with E-state index in [9.17, 15) is 19.2 Å². The zero-order valence-corrected chi connectivity index (χ0v) is 12.7. The number of amides is 3. The van der Waals surface area contributed by atoms with E-state index in [1.807, 2.05) is 16.2 Å². The fourth-order valence-corrected chi connectivity index (χ4v) is 1.46. The zero-order chi connectivity index (χ0) is 18.7. The van der Waals surface area contributed by atoms with Crippen molar-refractivity contribution in [1.82, 2.24) is 21.5 Å². The molecule has 0 aromatic carbocycles. The SMILES string of the molecule is N=C(N)NCCCC(N)C(=O)NNC(=O)NC(CC(=O)O)C(=O)O. The Hall–Kier alpha value is -3.09. The van der Waals surface area contributed by atoms with Gasteiger partial charge in [-0.25, -0.2) is 15.0 Å². The zero-order valence-electron chi connectivity index (χ0n) is 12.7. The van der Waals surface area contributed by atoms with Gasteiger partial charge in [0.1, 0.15) is 6.04 Å². The quantitative estimate of drug-likeness (QED) is 0.0884. The first-order valence-corrected chi connectivity index (χ1v) is 6.78. The molecule has 0 saturated heterocycles. The first kappa shape index (κ1) is 20.9. The molecule has 2 atom stereocenters. The predicted octanol–water partition coefficient (Wildman–Crippen LogP) is -3.16. The highest BCUT2D eigenvalue weighted by molar-refractivity contribution is 5.88. The Morgan fingerprint density at radius 2 is 1.75 bits per heavy atom. The molecule has 0 aliphatic carbocycles. The second kappa shape index (κ2) is 10.6. The molecule has 0 heterocycles. The third kappa shape index (κ3) is 9.78. The summed E-state index contributed by atoms with van der Waals surface area (Å²) >= 11 is 0. The third-order valence-electron chi connectivity index (χ3n) is 2.63. The van der Waals surface area contributed by atoms with E-state index in [1.54, 1.807) is 0 Å². The minimum absolute atomic E-state index is 0.208. The number of hydrogen-bond donors (Lipinski definition) is 9. The first-order valence-electron chi connectivity index (χ1n) is 6.78. The van der Waals surface area contributed by atoms with Crippen molar-refractivity contribution >= 4 is 29.8 Å². The van der Waals surface area contributed by atoms with Crippen LogP contribution in [0.2, 0.25) is 0 Å². The summed E-state index contributed by atoms with van der Waals surface area (Å²) in [5.41, 5.74) is 14.5. The molecule has 0 spiro atoms. The van der Waals surface area contributed by atoms with Gasteiger partial charge in [0.25, 0.3) is 5.91 Å². The van der Waals surface area contributed by atoms with Crippen LogP contribution in [0.5, 0.6) is 0 Å². The maximum absolute atomic E-state index is 11.6. The maximum Gasteiger partial charge on any atom is 0.334 e. The van der Waals surface area contributed by atoms with E-state index in [2.05, 4.69) is 5.32 Å². The molecule has 2 unspecified atom stereocenters. The van der Waals surface area contributed by atoms with Crippen LogP contribution in [-0.2, 0) is 14.4 Å². The highest BCUT2D eigenvalue weighted by Gasteiger charge is 2.23. The molecule has 0 fully saturated rings. The number of hydrogen-bond acceptors (Lipinski definition) is 6. The standard InChI is InChI=1S/C11H21N7O6/c12-5(2-1-3-15-10(13)14)8(21)17-18-11(24)16-6(9(22)23)4-7(19)20/h5-6H,1-4,12H2,(H,17,21)(H,19,20)(H,22,23)(H4,13,14,15)(H2,16,18,24). The molecule has 11 N–H and O–H groups in total. The summed E-state index contributed by atoms with van der Waals surface area (Å²) in [6.07, 6.45) is -0.133. The van der Waals surface area contributed by atoms with Gasteiger partial charge in [-0.15, -0.1) is 0 Å². The number of nitrogens with two attached hydrogens (primary N) is 2. The largest absolute Gasteiger partial charge is 0.481 e. The number of urea groups is 1. The van der Waals surface area contributed by atoms with Gasteiger partial charge < -0.3 is 32.3 Å². The van der Waals surface area contributed by atoms with Crippen LogP contribution >= 0.6 is 0 Å². The fraction of sp³-hybridized carbons (Fsp3) is 0.545. The van der Waals surface area contributed by atoms with Crippen molar-refractivity contribution in [3.8, 4) is 0 Å². The number of carbonyl (C=O) groups excluding carboxylic acids is 2. The van der Waals surface area contributed by atoms with Crippen molar-refractivity contribution in [3.63, 3.8) is 0 Å². The van der Waals surface area contributed by atoms with Crippen LogP contribution in [0.1, 0.15) is 19.3 Å². The molecule has 0 rings (SSSR count). The Morgan fingerprint density at radius 1 is 1.12 bits per heavy atom. The number of aliphatic carboxylic acids is 2. The lowest BCUT2D eigenvalue weighted by molar-refractivity contribution is -0.145. The molecule has 0 aliphatic rings. The molecule has 13 heteroatoms. The fourth-order valence-electron chi connectivity index (χ4n) is 1.46. The minimum atomic E-state index is -1.65. The Kier molecular flexibility index (Phi) is 9.24. The number of nitrogens with one attached hydrogen (secondary N) is 5. The smallest absolute Gasteiger partial charge is 0.334 e. The third-order valence-corrected chi connectivity index (χ3v) is 2.63. The van der Waals surface area contributed by atoms with Crippen LogP contribution in [0.15, 0.2) is 0 Å². The number of carboxylic acid groups (broad SMARTS) is 2. The highest BCUT2D eigenvalue weighted by atomic mass is 16.4. The monoisotopic (exact) mass is 347 g/mol. The first-order chi connectivity index (χ1) is 11.1. The van der Waals surface area contributed by atoms with Gasteiger partial charge in [-0.05, 0) is 12.8 Å². The summed E-state index contributed by atoms with van der Waals surface area (Å²) in [6, 6.07) is -3.69. The lowest BCUT2D eigenvalue weighted by Gasteiger charge is -2.15. The molecule has 13 nitrogen and oxygen atoms in total. The summed E-state index contributed by atoms with van der Waals surface area (Å²) < 4.78 is 0. The van der Waals surface area contributed by atoms with Crippen molar-refractivity contribution in [2.45, 2.75) is 31.3 Å². The van der Waals surface area contributed by atoms with Crippen LogP contribution in [0.3, 0.4) is 0 Å². The average molecular weight is 347 g/mol. The summed E-state index contributed by atoms with van der Waals surface area (Å²) in [4.78, 5) is 44.3. The van der Waals surface area contributed by atoms with Crippen molar-refractivity contribution in [2.24, 2.45) is 11.5 Å². The van der Waals surface area contributed by atoms with Crippen LogP contribution in [-0.4, -0.2) is 58.7 Å². The Balaban J connectivity index is 4.14. The second-order valence-corrected chi connectivity index (χ2v) is 4.67.